The van der Waals surface area contributed by atoms with Crippen LogP contribution >= 0.6 is 0 Å². The van der Waals surface area contributed by atoms with Gasteiger partial charge in [0.2, 0.25) is 11.8 Å². The van der Waals surface area contributed by atoms with Crippen molar-refractivity contribution >= 4 is 28.5 Å². The molecule has 28 heavy (non-hydrogen) atoms. The zero-order valence-electron chi connectivity index (χ0n) is 15.4. The maximum Gasteiger partial charge on any atom is 0.246 e. The summed E-state index contributed by atoms with van der Waals surface area (Å²) >= 11 is 0. The third kappa shape index (κ3) is 4.20. The molecule has 3 aromatic rings. The molecule has 1 aliphatic heterocycles. The van der Waals surface area contributed by atoms with Crippen LogP contribution in [0.15, 0.2) is 54.6 Å². The van der Waals surface area contributed by atoms with E-state index in [9.17, 15) is 9.59 Å². The molecule has 1 fully saturated rings. The Balaban J connectivity index is 1.20. The van der Waals surface area contributed by atoms with Gasteiger partial charge in [0.15, 0.2) is 0 Å². The number of aromatic nitrogens is 2. The summed E-state index contributed by atoms with van der Waals surface area (Å²) in [5.41, 5.74) is 2.72. The van der Waals surface area contributed by atoms with E-state index in [-0.39, 0.29) is 30.9 Å². The summed E-state index contributed by atoms with van der Waals surface area (Å²) in [5, 5.41) is 2.86. The van der Waals surface area contributed by atoms with Crippen molar-refractivity contribution in [1.82, 2.24) is 15.3 Å². The zero-order valence-corrected chi connectivity index (χ0v) is 15.4. The topological polar surface area (TPSA) is 87.3 Å². The number of imidazole rings is 1. The fourth-order valence-corrected chi connectivity index (χ4v) is 3.40. The Morgan fingerprint density at radius 2 is 1.96 bits per heavy atom. The summed E-state index contributed by atoms with van der Waals surface area (Å²) in [6.45, 7) is 1.27. The number of fused-ring (bicyclic) bond motifs is 1. The van der Waals surface area contributed by atoms with Crippen LogP contribution in [0.3, 0.4) is 0 Å². The lowest BCUT2D eigenvalue weighted by Crippen LogP contribution is -2.33. The first-order valence-electron chi connectivity index (χ1n) is 9.32. The molecule has 0 saturated carbocycles. The molecule has 0 radical (unpaired) electrons. The standard InChI is InChI=1S/C21H22N4O3/c26-20(14-28-13-19-23-17-8-4-5-9-18(17)24-19)22-11-15-10-21(27)25(12-15)16-6-2-1-3-7-16/h1-9,15H,10-14H2,(H,22,26)(H,23,24)/t15-/m1/s1. The summed E-state index contributed by atoms with van der Waals surface area (Å²) in [5.74, 6) is 0.689. The Morgan fingerprint density at radius 1 is 1.18 bits per heavy atom. The second-order valence-corrected chi connectivity index (χ2v) is 6.91. The molecule has 2 heterocycles. The Labute approximate surface area is 162 Å². The molecule has 1 aliphatic rings. The molecule has 7 heteroatoms. The minimum atomic E-state index is -0.193. The lowest BCUT2D eigenvalue weighted by molar-refractivity contribution is -0.126. The number of para-hydroxylation sites is 3. The molecule has 2 amide bonds. The van der Waals surface area contributed by atoms with Crippen LogP contribution in [-0.4, -0.2) is 41.5 Å². The van der Waals surface area contributed by atoms with Crippen molar-refractivity contribution in [1.29, 1.82) is 0 Å². The van der Waals surface area contributed by atoms with Gasteiger partial charge in [-0.2, -0.15) is 0 Å². The molecular weight excluding hydrogens is 356 g/mol. The number of nitrogens with one attached hydrogen (secondary N) is 2. The van der Waals surface area contributed by atoms with Gasteiger partial charge >= 0.3 is 0 Å². The smallest absolute Gasteiger partial charge is 0.246 e. The fraction of sp³-hybridized carbons (Fsp3) is 0.286. The number of carbonyl (C=O) groups excluding carboxylic acids is 2. The monoisotopic (exact) mass is 378 g/mol. The molecule has 0 spiro atoms. The number of rotatable bonds is 7. The van der Waals surface area contributed by atoms with Crippen molar-refractivity contribution in [3.05, 3.63) is 60.4 Å². The minimum absolute atomic E-state index is 0.0416. The van der Waals surface area contributed by atoms with E-state index in [4.69, 9.17) is 4.74 Å². The van der Waals surface area contributed by atoms with Gasteiger partial charge in [-0.25, -0.2) is 4.98 Å². The molecule has 2 aromatic carbocycles. The van der Waals surface area contributed by atoms with Gasteiger partial charge in [0.25, 0.3) is 0 Å². The first-order chi connectivity index (χ1) is 13.7. The highest BCUT2D eigenvalue weighted by molar-refractivity contribution is 5.95. The van der Waals surface area contributed by atoms with Gasteiger partial charge in [0, 0.05) is 31.1 Å². The highest BCUT2D eigenvalue weighted by atomic mass is 16.5. The summed E-state index contributed by atoms with van der Waals surface area (Å²) in [4.78, 5) is 33.6. The van der Waals surface area contributed by atoms with Gasteiger partial charge in [-0.05, 0) is 24.3 Å². The van der Waals surface area contributed by atoms with Gasteiger partial charge in [-0.15, -0.1) is 0 Å². The number of carbonyl (C=O) groups is 2. The van der Waals surface area contributed by atoms with E-state index in [1.54, 1.807) is 4.90 Å². The molecule has 1 aromatic heterocycles. The summed E-state index contributed by atoms with van der Waals surface area (Å²) in [7, 11) is 0. The van der Waals surface area contributed by atoms with Crippen LogP contribution in [0.1, 0.15) is 12.2 Å². The van der Waals surface area contributed by atoms with Crippen molar-refractivity contribution in [2.24, 2.45) is 5.92 Å². The van der Waals surface area contributed by atoms with Crippen molar-refractivity contribution in [3.8, 4) is 0 Å². The summed E-state index contributed by atoms with van der Waals surface area (Å²) < 4.78 is 5.45. The molecule has 0 unspecified atom stereocenters. The molecule has 4 rings (SSSR count). The lowest BCUT2D eigenvalue weighted by atomic mass is 10.1. The molecular formula is C21H22N4O3. The van der Waals surface area contributed by atoms with Gasteiger partial charge < -0.3 is 19.9 Å². The average molecular weight is 378 g/mol. The highest BCUT2D eigenvalue weighted by Gasteiger charge is 2.30. The fourth-order valence-electron chi connectivity index (χ4n) is 3.40. The molecule has 0 bridgehead atoms. The Kier molecular flexibility index (Phi) is 5.34. The Bertz CT molecular complexity index is 937. The summed E-state index contributed by atoms with van der Waals surface area (Å²) in [6, 6.07) is 17.3. The highest BCUT2D eigenvalue weighted by Crippen LogP contribution is 2.24. The predicted octanol–water partition coefficient (Wildman–Crippen LogP) is 2.25. The number of benzene rings is 2. The van der Waals surface area contributed by atoms with E-state index < -0.39 is 0 Å². The molecule has 7 nitrogen and oxygen atoms in total. The van der Waals surface area contributed by atoms with Crippen LogP contribution in [0.2, 0.25) is 0 Å². The number of amides is 2. The van der Waals surface area contributed by atoms with Gasteiger partial charge in [-0.1, -0.05) is 30.3 Å². The third-order valence-corrected chi connectivity index (χ3v) is 4.77. The maximum absolute atomic E-state index is 12.2. The lowest BCUT2D eigenvalue weighted by Gasteiger charge is -2.16. The van der Waals surface area contributed by atoms with Gasteiger partial charge in [-0.3, -0.25) is 9.59 Å². The van der Waals surface area contributed by atoms with Gasteiger partial charge in [0.1, 0.15) is 19.0 Å². The van der Waals surface area contributed by atoms with Crippen LogP contribution < -0.4 is 10.2 Å². The molecule has 0 aliphatic carbocycles. The zero-order chi connectivity index (χ0) is 19.3. The Morgan fingerprint density at radius 3 is 2.79 bits per heavy atom. The normalized spacial score (nSPS) is 16.6. The van der Waals surface area contributed by atoms with Crippen LogP contribution in [0.5, 0.6) is 0 Å². The SMILES string of the molecule is O=C(COCc1nc2ccccc2[nH]1)NC[C@H]1CC(=O)N(c2ccccc2)C1. The Hall–Kier alpha value is -3.19. The second kappa shape index (κ2) is 8.22. The van der Waals surface area contributed by atoms with Crippen molar-refractivity contribution < 1.29 is 14.3 Å². The molecule has 1 saturated heterocycles. The number of hydrogen-bond acceptors (Lipinski definition) is 4. The number of hydrogen-bond donors (Lipinski definition) is 2. The number of ether oxygens (including phenoxy) is 1. The van der Waals surface area contributed by atoms with E-state index in [1.165, 1.54) is 0 Å². The number of H-pyrrole nitrogens is 1. The largest absolute Gasteiger partial charge is 0.364 e. The van der Waals surface area contributed by atoms with E-state index in [2.05, 4.69) is 15.3 Å². The van der Waals surface area contributed by atoms with E-state index in [1.807, 2.05) is 54.6 Å². The van der Waals surface area contributed by atoms with Crippen molar-refractivity contribution in [2.45, 2.75) is 13.0 Å². The van der Waals surface area contributed by atoms with Crippen LogP contribution in [0.25, 0.3) is 11.0 Å². The first kappa shape index (κ1) is 18.2. The summed E-state index contributed by atoms with van der Waals surface area (Å²) in [6.07, 6.45) is 0.439. The maximum atomic E-state index is 12.2. The third-order valence-electron chi connectivity index (χ3n) is 4.77. The molecule has 144 valence electrons. The van der Waals surface area contributed by atoms with Crippen LogP contribution in [0.4, 0.5) is 5.69 Å². The van der Waals surface area contributed by atoms with Crippen molar-refractivity contribution in [2.75, 3.05) is 24.6 Å². The number of aromatic amines is 1. The average Bonchev–Trinajstić information content (AvgIpc) is 3.30. The van der Waals surface area contributed by atoms with E-state index in [0.717, 1.165) is 16.7 Å². The second-order valence-electron chi connectivity index (χ2n) is 6.91. The van der Waals surface area contributed by atoms with Crippen molar-refractivity contribution in [3.63, 3.8) is 0 Å². The quantitative estimate of drug-likeness (QED) is 0.660. The van der Waals surface area contributed by atoms with Crippen LogP contribution in [0, 0.1) is 5.92 Å². The van der Waals surface area contributed by atoms with Crippen LogP contribution in [-0.2, 0) is 20.9 Å². The molecule has 2 N–H and O–H groups in total. The van der Waals surface area contributed by atoms with E-state index >= 15 is 0 Å². The van der Waals surface area contributed by atoms with Gasteiger partial charge in [0.05, 0.1) is 11.0 Å². The minimum Gasteiger partial charge on any atom is -0.364 e. The first-order valence-corrected chi connectivity index (χ1v) is 9.32. The number of anilines is 1. The predicted molar refractivity (Wildman–Crippen MR) is 106 cm³/mol. The molecule has 1 atom stereocenters. The number of nitrogens with zero attached hydrogens (tertiary/aromatic N) is 2. The van der Waals surface area contributed by atoms with E-state index in [0.29, 0.717) is 25.3 Å².